The third-order valence-electron chi connectivity index (χ3n) is 5.97. The van der Waals surface area contributed by atoms with Crippen molar-refractivity contribution in [1.82, 2.24) is 15.1 Å². The van der Waals surface area contributed by atoms with E-state index in [0.29, 0.717) is 5.56 Å². The monoisotopic (exact) mass is 445 g/mol. The number of hydrogen-bond acceptors (Lipinski definition) is 5. The van der Waals surface area contributed by atoms with E-state index in [1.807, 2.05) is 23.6 Å². The Balaban J connectivity index is 1.24. The molecule has 1 aromatic carbocycles. The predicted molar refractivity (Wildman–Crippen MR) is 114 cm³/mol. The van der Waals surface area contributed by atoms with Crippen molar-refractivity contribution in [1.29, 1.82) is 0 Å². The Kier molecular flexibility index (Phi) is 6.04. The largest absolute Gasteiger partial charge is 0.353 e. The smallest absolute Gasteiger partial charge is 0.253 e. The van der Waals surface area contributed by atoms with E-state index >= 15 is 4.39 Å². The van der Waals surface area contributed by atoms with Gasteiger partial charge in [-0.15, -0.1) is 11.3 Å². The Morgan fingerprint density at radius 1 is 1.10 bits per heavy atom. The van der Waals surface area contributed by atoms with E-state index in [1.54, 1.807) is 22.3 Å². The molecule has 0 atom stereocenters. The zero-order chi connectivity index (χ0) is 22.0. The molecule has 4 rings (SSSR count). The van der Waals surface area contributed by atoms with Crippen LogP contribution in [-0.4, -0.2) is 65.3 Å². The summed E-state index contributed by atoms with van der Waals surface area (Å²) in [6, 6.07) is 7.59. The zero-order valence-corrected chi connectivity index (χ0v) is 17.9. The van der Waals surface area contributed by atoms with Gasteiger partial charge in [0.15, 0.2) is 0 Å². The van der Waals surface area contributed by atoms with E-state index in [0.717, 1.165) is 15.0 Å². The Morgan fingerprint density at radius 2 is 1.81 bits per heavy atom. The number of carbonyl (C=O) groups is 4. The number of alkyl halides is 1. The molecule has 2 aliphatic rings. The van der Waals surface area contributed by atoms with Gasteiger partial charge in [0.2, 0.25) is 17.7 Å². The second kappa shape index (κ2) is 8.74. The molecule has 0 saturated carbocycles. The highest BCUT2D eigenvalue weighted by molar-refractivity contribution is 7.17. The quantitative estimate of drug-likeness (QED) is 0.693. The molecule has 164 valence electrons. The highest BCUT2D eigenvalue weighted by Gasteiger charge is 2.36. The van der Waals surface area contributed by atoms with Crippen molar-refractivity contribution in [3.8, 4) is 0 Å². The number of benzene rings is 1. The fraction of sp³-hybridized carbons (Fsp3) is 0.455. The number of nitrogens with zero attached hydrogens (tertiary/aromatic N) is 2. The van der Waals surface area contributed by atoms with Crippen molar-refractivity contribution >= 4 is 45.1 Å². The zero-order valence-electron chi connectivity index (χ0n) is 17.1. The molecule has 31 heavy (non-hydrogen) atoms. The molecule has 0 aliphatic carbocycles. The molecule has 2 saturated heterocycles. The van der Waals surface area contributed by atoms with E-state index < -0.39 is 11.6 Å². The van der Waals surface area contributed by atoms with Crippen LogP contribution in [0.5, 0.6) is 0 Å². The summed E-state index contributed by atoms with van der Waals surface area (Å²) in [5.74, 6) is -1.04. The van der Waals surface area contributed by atoms with Crippen molar-refractivity contribution in [3.63, 3.8) is 0 Å². The van der Waals surface area contributed by atoms with Gasteiger partial charge in [0, 0.05) is 62.0 Å². The van der Waals surface area contributed by atoms with Crippen LogP contribution < -0.4 is 5.32 Å². The van der Waals surface area contributed by atoms with Crippen LogP contribution in [0.1, 0.15) is 42.5 Å². The summed E-state index contributed by atoms with van der Waals surface area (Å²) in [4.78, 5) is 50.7. The first-order valence-corrected chi connectivity index (χ1v) is 11.3. The number of carbonyl (C=O) groups excluding carboxylic acids is 4. The number of halogens is 1. The number of imide groups is 1. The molecule has 4 amide bonds. The summed E-state index contributed by atoms with van der Waals surface area (Å²) < 4.78 is 16.2. The molecule has 2 aliphatic heterocycles. The van der Waals surface area contributed by atoms with Crippen LogP contribution in [0.25, 0.3) is 10.1 Å². The molecule has 2 aromatic rings. The molecule has 7 nitrogen and oxygen atoms in total. The average Bonchev–Trinajstić information content (AvgIpc) is 3.36. The number of nitrogens with one attached hydrogen (secondary N) is 1. The van der Waals surface area contributed by atoms with E-state index in [4.69, 9.17) is 0 Å². The van der Waals surface area contributed by atoms with Crippen molar-refractivity contribution in [2.24, 2.45) is 0 Å². The van der Waals surface area contributed by atoms with Gasteiger partial charge < -0.3 is 10.2 Å². The van der Waals surface area contributed by atoms with E-state index in [2.05, 4.69) is 5.32 Å². The van der Waals surface area contributed by atoms with Gasteiger partial charge in [-0.1, -0.05) is 6.07 Å². The molecule has 9 heteroatoms. The van der Waals surface area contributed by atoms with Crippen LogP contribution in [-0.2, 0) is 14.4 Å². The molecule has 2 fully saturated rings. The van der Waals surface area contributed by atoms with Crippen LogP contribution in [0.4, 0.5) is 4.39 Å². The Labute approximate surface area is 183 Å². The molecular formula is C22H24FN3O4S. The normalized spacial score (nSPS) is 18.6. The number of piperidine rings is 1. The summed E-state index contributed by atoms with van der Waals surface area (Å²) in [6.45, 7) is 0.450. The molecular weight excluding hydrogens is 421 g/mol. The second-order valence-electron chi connectivity index (χ2n) is 8.08. The van der Waals surface area contributed by atoms with E-state index in [-0.39, 0.29) is 76.0 Å². The first-order valence-electron chi connectivity index (χ1n) is 10.4. The lowest BCUT2D eigenvalue weighted by molar-refractivity contribution is -0.138. The maximum atomic E-state index is 15.1. The first kappa shape index (κ1) is 21.4. The summed E-state index contributed by atoms with van der Waals surface area (Å²) in [5, 5.41) is 5.65. The fourth-order valence-electron chi connectivity index (χ4n) is 3.99. The molecule has 0 unspecified atom stereocenters. The molecule has 1 aromatic heterocycles. The molecule has 0 bridgehead atoms. The van der Waals surface area contributed by atoms with Crippen molar-refractivity contribution in [3.05, 3.63) is 35.2 Å². The van der Waals surface area contributed by atoms with Crippen LogP contribution in [0, 0.1) is 0 Å². The summed E-state index contributed by atoms with van der Waals surface area (Å²) in [6.07, 6.45) is 0.616. The number of hydrogen-bond donors (Lipinski definition) is 1. The van der Waals surface area contributed by atoms with Gasteiger partial charge in [-0.25, -0.2) is 4.39 Å². The number of thiophene rings is 1. The molecule has 1 N–H and O–H groups in total. The van der Waals surface area contributed by atoms with Crippen LogP contribution >= 0.6 is 11.3 Å². The van der Waals surface area contributed by atoms with Crippen LogP contribution in [0.15, 0.2) is 29.6 Å². The fourth-order valence-corrected chi connectivity index (χ4v) is 4.82. The number of likely N-dealkylation sites (tertiary alicyclic amines) is 2. The van der Waals surface area contributed by atoms with Crippen molar-refractivity contribution < 1.29 is 23.6 Å². The minimum Gasteiger partial charge on any atom is -0.353 e. The van der Waals surface area contributed by atoms with Gasteiger partial charge in [0.25, 0.3) is 5.91 Å². The lowest BCUT2D eigenvalue weighted by Crippen LogP contribution is -2.50. The third-order valence-corrected chi connectivity index (χ3v) is 6.85. The minimum absolute atomic E-state index is 0.0274. The number of rotatable bonds is 6. The SMILES string of the molecule is O=C(CCN1C(=O)CCC1=O)NCC1(F)CCN(C(=O)c2ccc3ccsc3c2)CC1. The Morgan fingerprint density at radius 3 is 2.52 bits per heavy atom. The van der Waals surface area contributed by atoms with Gasteiger partial charge in [0.05, 0.1) is 6.54 Å². The highest BCUT2D eigenvalue weighted by Crippen LogP contribution is 2.28. The van der Waals surface area contributed by atoms with Crippen LogP contribution in [0.3, 0.4) is 0 Å². The maximum Gasteiger partial charge on any atom is 0.253 e. The second-order valence-corrected chi connectivity index (χ2v) is 9.03. The highest BCUT2D eigenvalue weighted by atomic mass is 32.1. The summed E-state index contributed by atoms with van der Waals surface area (Å²) in [7, 11) is 0. The van der Waals surface area contributed by atoms with Crippen molar-refractivity contribution in [2.45, 2.75) is 37.8 Å². The standard InChI is InChI=1S/C22H24FN3O4S/c23-22(14-24-18(27)5-9-26-19(28)3-4-20(26)29)7-10-25(11-8-22)21(30)16-2-1-15-6-12-31-17(15)13-16/h1-2,6,12-13H,3-5,7-11,14H2,(H,24,27). The van der Waals surface area contributed by atoms with Gasteiger partial charge in [-0.05, 0) is 29.0 Å². The number of fused-ring (bicyclic) bond motifs is 1. The topological polar surface area (TPSA) is 86.8 Å². The maximum absolute atomic E-state index is 15.1. The van der Waals surface area contributed by atoms with Gasteiger partial charge >= 0.3 is 0 Å². The Hall–Kier alpha value is -2.81. The molecule has 3 heterocycles. The number of amides is 4. The average molecular weight is 446 g/mol. The van der Waals surface area contributed by atoms with Gasteiger partial charge in [0.1, 0.15) is 5.67 Å². The van der Waals surface area contributed by atoms with E-state index in [1.165, 1.54) is 0 Å². The minimum atomic E-state index is -1.58. The third kappa shape index (κ3) is 4.76. The van der Waals surface area contributed by atoms with Gasteiger partial charge in [-0.2, -0.15) is 0 Å². The van der Waals surface area contributed by atoms with Gasteiger partial charge in [-0.3, -0.25) is 24.1 Å². The van der Waals surface area contributed by atoms with E-state index in [9.17, 15) is 19.2 Å². The predicted octanol–water partition coefficient (Wildman–Crippen LogP) is 2.50. The van der Waals surface area contributed by atoms with Crippen molar-refractivity contribution in [2.75, 3.05) is 26.2 Å². The summed E-state index contributed by atoms with van der Waals surface area (Å²) in [5.41, 5.74) is -0.982. The molecule has 0 radical (unpaired) electrons. The summed E-state index contributed by atoms with van der Waals surface area (Å²) >= 11 is 1.58. The Bertz CT molecular complexity index is 1010. The molecule has 0 spiro atoms. The lowest BCUT2D eigenvalue weighted by Gasteiger charge is -2.36. The van der Waals surface area contributed by atoms with Crippen LogP contribution in [0.2, 0.25) is 0 Å². The first-order chi connectivity index (χ1) is 14.8. The lowest BCUT2D eigenvalue weighted by atomic mass is 9.92.